The van der Waals surface area contributed by atoms with Crippen LogP contribution in [0.4, 0.5) is 9.59 Å². The van der Waals surface area contributed by atoms with E-state index in [9.17, 15) is 9.59 Å². The van der Waals surface area contributed by atoms with Crippen molar-refractivity contribution in [2.75, 3.05) is 26.7 Å². The SMILES string of the molecule is CC(C)(C)OC(=O)NC/C=C/c1ccccc1COCO.CC(C)(C)OC(=O)NC[C@H]1C[C@@H]1c1ccccc1COCO. The molecule has 1 fully saturated rings. The Morgan fingerprint density at radius 3 is 1.95 bits per heavy atom. The van der Waals surface area contributed by atoms with Crippen LogP contribution < -0.4 is 10.6 Å². The highest BCUT2D eigenvalue weighted by atomic mass is 16.6. The van der Waals surface area contributed by atoms with Gasteiger partial charge in [0.1, 0.15) is 24.8 Å². The highest BCUT2D eigenvalue weighted by Crippen LogP contribution is 2.48. The molecule has 10 heteroatoms. The van der Waals surface area contributed by atoms with E-state index in [0.29, 0.717) is 38.1 Å². The number of ether oxygens (including phenoxy) is 4. The van der Waals surface area contributed by atoms with Crippen LogP contribution in [0.1, 0.15) is 76.1 Å². The van der Waals surface area contributed by atoms with Crippen molar-refractivity contribution in [3.8, 4) is 0 Å². The molecule has 1 aliphatic carbocycles. The highest BCUT2D eigenvalue weighted by molar-refractivity contribution is 5.68. The Morgan fingerprint density at radius 1 is 0.814 bits per heavy atom. The average Bonchev–Trinajstić information content (AvgIpc) is 3.71. The van der Waals surface area contributed by atoms with E-state index in [-0.39, 0.29) is 19.7 Å². The molecule has 0 radical (unpaired) electrons. The molecule has 0 aliphatic heterocycles. The lowest BCUT2D eigenvalue weighted by Crippen LogP contribution is -2.33. The van der Waals surface area contributed by atoms with Crippen molar-refractivity contribution >= 4 is 18.3 Å². The summed E-state index contributed by atoms with van der Waals surface area (Å²) in [4.78, 5) is 23.1. The Kier molecular flexibility index (Phi) is 14.7. The van der Waals surface area contributed by atoms with E-state index in [2.05, 4.69) is 16.7 Å². The monoisotopic (exact) mass is 600 g/mol. The number of aliphatic hydroxyl groups is 2. The molecule has 1 aliphatic rings. The predicted octanol–water partition coefficient (Wildman–Crippen LogP) is 5.47. The van der Waals surface area contributed by atoms with Crippen molar-refractivity contribution in [1.29, 1.82) is 0 Å². The van der Waals surface area contributed by atoms with Crippen LogP contribution in [0.2, 0.25) is 0 Å². The van der Waals surface area contributed by atoms with E-state index >= 15 is 0 Å². The second kappa shape index (κ2) is 17.6. The van der Waals surface area contributed by atoms with Gasteiger partial charge in [-0.1, -0.05) is 60.7 Å². The maximum atomic E-state index is 11.7. The molecule has 0 spiro atoms. The fourth-order valence-corrected chi connectivity index (χ4v) is 4.19. The zero-order valence-corrected chi connectivity index (χ0v) is 26.2. The fraction of sp³-hybridized carbons (Fsp3) is 0.515. The molecule has 0 bridgehead atoms. The van der Waals surface area contributed by atoms with Crippen LogP contribution in [-0.2, 0) is 32.2 Å². The van der Waals surface area contributed by atoms with E-state index < -0.39 is 17.3 Å². The maximum absolute atomic E-state index is 11.7. The first-order chi connectivity index (χ1) is 20.3. The number of hydrogen-bond donors (Lipinski definition) is 4. The average molecular weight is 601 g/mol. The van der Waals surface area contributed by atoms with Crippen LogP contribution in [0.15, 0.2) is 54.6 Å². The Balaban J connectivity index is 0.000000301. The standard InChI is InChI=1S/C17H25NO4.C16H23NO4/c1-17(2,3)22-16(20)18-9-13-8-15(13)14-7-5-4-6-12(14)10-21-11-19;1-16(2,3)21-15(19)17-10-6-9-13-7-4-5-8-14(13)11-20-12-18/h4-7,13,15,19H,8-11H2,1-3H3,(H,18,20);4-9,18H,10-12H2,1-3H3,(H,17,19)/b;9-6+/t13-,15+;/m1./s1. The van der Waals surface area contributed by atoms with Gasteiger partial charge in [-0.15, -0.1) is 0 Å². The minimum atomic E-state index is -0.498. The van der Waals surface area contributed by atoms with Crippen LogP contribution >= 0.6 is 0 Å². The summed E-state index contributed by atoms with van der Waals surface area (Å²) in [5, 5.41) is 22.9. The quantitative estimate of drug-likeness (QED) is 0.236. The second-order valence-electron chi connectivity index (χ2n) is 12.1. The van der Waals surface area contributed by atoms with Gasteiger partial charge in [-0.3, -0.25) is 0 Å². The van der Waals surface area contributed by atoms with Gasteiger partial charge < -0.3 is 39.8 Å². The molecule has 2 aromatic carbocycles. The molecule has 0 aromatic heterocycles. The smallest absolute Gasteiger partial charge is 0.407 e. The van der Waals surface area contributed by atoms with E-state index in [1.165, 1.54) is 5.56 Å². The first-order valence-corrected chi connectivity index (χ1v) is 14.5. The molecule has 2 amide bonds. The molecule has 2 aromatic rings. The van der Waals surface area contributed by atoms with Crippen molar-refractivity contribution in [2.45, 2.75) is 78.3 Å². The van der Waals surface area contributed by atoms with E-state index in [1.54, 1.807) is 0 Å². The largest absolute Gasteiger partial charge is 0.444 e. The number of hydrogen-bond acceptors (Lipinski definition) is 8. The van der Waals surface area contributed by atoms with Gasteiger partial charge in [0, 0.05) is 13.1 Å². The number of carbonyl (C=O) groups is 2. The molecule has 2 atom stereocenters. The summed E-state index contributed by atoms with van der Waals surface area (Å²) in [6.07, 6.45) is 3.97. The van der Waals surface area contributed by atoms with E-state index in [4.69, 9.17) is 29.2 Å². The number of alkyl carbamates (subject to hydrolysis) is 2. The summed E-state index contributed by atoms with van der Waals surface area (Å²) in [7, 11) is 0. The van der Waals surface area contributed by atoms with Gasteiger partial charge in [-0.05, 0) is 82.1 Å². The maximum Gasteiger partial charge on any atom is 0.407 e. The summed E-state index contributed by atoms with van der Waals surface area (Å²) in [5.74, 6) is 0.872. The molecule has 43 heavy (non-hydrogen) atoms. The fourth-order valence-electron chi connectivity index (χ4n) is 4.19. The molecular formula is C33H48N2O8. The summed E-state index contributed by atoms with van der Waals surface area (Å²) in [5.41, 5.74) is 3.33. The number of benzene rings is 2. The van der Waals surface area contributed by atoms with Crippen LogP contribution in [-0.4, -0.2) is 60.3 Å². The third-order valence-corrected chi connectivity index (χ3v) is 6.10. The molecule has 4 N–H and O–H groups in total. The molecule has 238 valence electrons. The number of amides is 2. The summed E-state index contributed by atoms with van der Waals surface area (Å²) in [6.45, 7) is 12.2. The molecule has 10 nitrogen and oxygen atoms in total. The predicted molar refractivity (Wildman–Crippen MR) is 165 cm³/mol. The van der Waals surface area contributed by atoms with Crippen LogP contribution in [0.3, 0.4) is 0 Å². The lowest BCUT2D eigenvalue weighted by atomic mass is 10.0. The highest BCUT2D eigenvalue weighted by Gasteiger charge is 2.39. The first-order valence-electron chi connectivity index (χ1n) is 14.5. The summed E-state index contributed by atoms with van der Waals surface area (Å²) < 4.78 is 20.5. The van der Waals surface area contributed by atoms with E-state index in [0.717, 1.165) is 23.1 Å². The molecule has 0 saturated heterocycles. The van der Waals surface area contributed by atoms with Crippen molar-refractivity contribution < 1.29 is 38.7 Å². The Bertz CT molecular complexity index is 1170. The number of carbonyl (C=O) groups excluding carboxylic acids is 2. The molecule has 3 rings (SSSR count). The topological polar surface area (TPSA) is 136 Å². The second-order valence-corrected chi connectivity index (χ2v) is 12.1. The van der Waals surface area contributed by atoms with Crippen molar-refractivity contribution in [2.24, 2.45) is 5.92 Å². The summed E-state index contributed by atoms with van der Waals surface area (Å²) in [6, 6.07) is 15.8. The lowest BCUT2D eigenvalue weighted by molar-refractivity contribution is -0.0116. The Hall–Kier alpha value is -3.44. The van der Waals surface area contributed by atoms with Gasteiger partial charge in [0.05, 0.1) is 13.2 Å². The minimum absolute atomic E-state index is 0.275. The van der Waals surface area contributed by atoms with Crippen molar-refractivity contribution in [3.05, 3.63) is 76.9 Å². The zero-order valence-electron chi connectivity index (χ0n) is 26.2. The number of nitrogens with one attached hydrogen (secondary N) is 2. The Morgan fingerprint density at radius 2 is 1.35 bits per heavy atom. The van der Waals surface area contributed by atoms with Gasteiger partial charge >= 0.3 is 12.2 Å². The normalized spacial score (nSPS) is 16.2. The zero-order chi connectivity index (χ0) is 31.9. The minimum Gasteiger partial charge on any atom is -0.444 e. The van der Waals surface area contributed by atoms with Crippen LogP contribution in [0.5, 0.6) is 0 Å². The third-order valence-electron chi connectivity index (χ3n) is 6.10. The van der Waals surface area contributed by atoms with Crippen LogP contribution in [0.25, 0.3) is 6.08 Å². The van der Waals surface area contributed by atoms with Gasteiger partial charge in [0.25, 0.3) is 0 Å². The number of rotatable bonds is 12. The van der Waals surface area contributed by atoms with Crippen molar-refractivity contribution in [3.63, 3.8) is 0 Å². The molecule has 0 unspecified atom stereocenters. The van der Waals surface area contributed by atoms with Gasteiger partial charge in [-0.25, -0.2) is 9.59 Å². The molecule has 1 saturated carbocycles. The molecular weight excluding hydrogens is 552 g/mol. The van der Waals surface area contributed by atoms with Crippen LogP contribution in [0, 0.1) is 5.92 Å². The molecule has 0 heterocycles. The van der Waals surface area contributed by atoms with Gasteiger partial charge in [0.15, 0.2) is 0 Å². The van der Waals surface area contributed by atoms with Gasteiger partial charge in [-0.2, -0.15) is 0 Å². The lowest BCUT2D eigenvalue weighted by Gasteiger charge is -2.19. The Labute approximate surface area is 255 Å². The number of aliphatic hydroxyl groups excluding tert-OH is 2. The summed E-state index contributed by atoms with van der Waals surface area (Å²) >= 11 is 0. The third kappa shape index (κ3) is 15.0. The van der Waals surface area contributed by atoms with Crippen molar-refractivity contribution in [1.82, 2.24) is 10.6 Å². The first kappa shape index (κ1) is 35.8. The van der Waals surface area contributed by atoms with E-state index in [1.807, 2.05) is 96.2 Å². The van der Waals surface area contributed by atoms with Gasteiger partial charge in [0.2, 0.25) is 0 Å².